The van der Waals surface area contributed by atoms with Crippen LogP contribution in [0.25, 0.3) is 11.3 Å². The second kappa shape index (κ2) is 6.55. The van der Waals surface area contributed by atoms with Crippen LogP contribution in [0.1, 0.15) is 24.0 Å². The molecule has 0 unspecified atom stereocenters. The van der Waals surface area contributed by atoms with E-state index in [0.717, 1.165) is 22.8 Å². The molecule has 1 aromatic heterocycles. The molecule has 1 aliphatic rings. The summed E-state index contributed by atoms with van der Waals surface area (Å²) in [6.07, 6.45) is 2.43. The molecule has 0 amide bonds. The van der Waals surface area contributed by atoms with Gasteiger partial charge in [-0.05, 0) is 38.3 Å². The van der Waals surface area contributed by atoms with E-state index in [1.807, 2.05) is 24.3 Å². The van der Waals surface area contributed by atoms with Crippen LogP contribution in [0.2, 0.25) is 0 Å². The van der Waals surface area contributed by atoms with Crippen molar-refractivity contribution in [3.05, 3.63) is 65.7 Å². The number of benzene rings is 2. The molecule has 2 N–H and O–H groups in total. The van der Waals surface area contributed by atoms with E-state index in [1.165, 1.54) is 24.0 Å². The van der Waals surface area contributed by atoms with E-state index in [4.69, 9.17) is 4.98 Å². The van der Waals surface area contributed by atoms with Crippen LogP contribution >= 0.6 is 0 Å². The lowest BCUT2D eigenvalue weighted by molar-refractivity contribution is 1.08. The van der Waals surface area contributed by atoms with E-state index in [0.29, 0.717) is 12.0 Å². The lowest BCUT2D eigenvalue weighted by Gasteiger charge is -2.13. The molecule has 0 aliphatic heterocycles. The summed E-state index contributed by atoms with van der Waals surface area (Å²) in [6.45, 7) is 4.20. The Balaban J connectivity index is 1.70. The summed E-state index contributed by atoms with van der Waals surface area (Å²) in [5, 5.41) is 6.87. The van der Waals surface area contributed by atoms with Crippen molar-refractivity contribution in [1.29, 1.82) is 0 Å². The summed E-state index contributed by atoms with van der Waals surface area (Å²) in [7, 11) is 0. The van der Waals surface area contributed by atoms with Crippen LogP contribution in [-0.4, -0.2) is 16.0 Å². The standard InChI is InChI=1S/C21H22N4/c1-14-8-11-18(15(2)12-14)23-21-24-19(16-6-4-3-5-7-16)13-20(25-21)22-17-9-10-17/h3-8,11-13,17H,9-10H2,1-2H3,(H2,22,23,24,25). The van der Waals surface area contributed by atoms with E-state index < -0.39 is 0 Å². The van der Waals surface area contributed by atoms with E-state index in [-0.39, 0.29) is 0 Å². The van der Waals surface area contributed by atoms with Gasteiger partial charge in [0.2, 0.25) is 5.95 Å². The Bertz CT molecular complexity index is 886. The van der Waals surface area contributed by atoms with Gasteiger partial charge in [-0.1, -0.05) is 48.0 Å². The quantitative estimate of drug-likeness (QED) is 0.685. The van der Waals surface area contributed by atoms with Gasteiger partial charge in [-0.2, -0.15) is 4.98 Å². The fourth-order valence-corrected chi connectivity index (χ4v) is 2.84. The number of anilines is 3. The minimum Gasteiger partial charge on any atom is -0.367 e. The van der Waals surface area contributed by atoms with Gasteiger partial charge in [-0.15, -0.1) is 0 Å². The zero-order chi connectivity index (χ0) is 17.2. The SMILES string of the molecule is Cc1ccc(Nc2nc(NC3CC3)cc(-c3ccccc3)n2)c(C)c1. The highest BCUT2D eigenvalue weighted by Crippen LogP contribution is 2.28. The minimum absolute atomic E-state index is 0.549. The van der Waals surface area contributed by atoms with Crippen LogP contribution in [0, 0.1) is 13.8 Å². The highest BCUT2D eigenvalue weighted by atomic mass is 15.2. The third kappa shape index (κ3) is 3.79. The van der Waals surface area contributed by atoms with Gasteiger partial charge in [-0.25, -0.2) is 4.98 Å². The fraction of sp³-hybridized carbons (Fsp3) is 0.238. The maximum absolute atomic E-state index is 4.73. The van der Waals surface area contributed by atoms with Gasteiger partial charge < -0.3 is 10.6 Å². The molecule has 3 aromatic rings. The van der Waals surface area contributed by atoms with E-state index in [2.05, 4.69) is 59.8 Å². The molecule has 2 aromatic carbocycles. The van der Waals surface area contributed by atoms with Crippen molar-refractivity contribution >= 4 is 17.5 Å². The van der Waals surface area contributed by atoms with Crippen molar-refractivity contribution in [2.24, 2.45) is 0 Å². The van der Waals surface area contributed by atoms with Crippen LogP contribution in [0.3, 0.4) is 0 Å². The Hall–Kier alpha value is -2.88. The van der Waals surface area contributed by atoms with Gasteiger partial charge in [0.05, 0.1) is 5.69 Å². The first-order valence-electron chi connectivity index (χ1n) is 8.73. The zero-order valence-electron chi connectivity index (χ0n) is 14.6. The largest absolute Gasteiger partial charge is 0.367 e. The van der Waals surface area contributed by atoms with Gasteiger partial charge in [0.1, 0.15) is 5.82 Å². The van der Waals surface area contributed by atoms with Crippen molar-refractivity contribution in [2.45, 2.75) is 32.7 Å². The molecule has 25 heavy (non-hydrogen) atoms. The molecule has 0 spiro atoms. The summed E-state index contributed by atoms with van der Waals surface area (Å²) in [5.74, 6) is 1.50. The molecule has 126 valence electrons. The number of aryl methyl sites for hydroxylation is 2. The molecule has 4 heteroatoms. The maximum atomic E-state index is 4.73. The smallest absolute Gasteiger partial charge is 0.229 e. The molecule has 0 bridgehead atoms. The predicted octanol–water partition coefficient (Wildman–Crippen LogP) is 5.08. The van der Waals surface area contributed by atoms with Crippen LogP contribution in [0.5, 0.6) is 0 Å². The van der Waals surface area contributed by atoms with Gasteiger partial charge in [0.25, 0.3) is 0 Å². The first-order valence-corrected chi connectivity index (χ1v) is 8.73. The molecule has 4 rings (SSSR count). The molecular weight excluding hydrogens is 308 g/mol. The number of hydrogen-bond donors (Lipinski definition) is 2. The highest BCUT2D eigenvalue weighted by molar-refractivity contribution is 5.67. The predicted molar refractivity (Wildman–Crippen MR) is 103 cm³/mol. The molecule has 0 radical (unpaired) electrons. The van der Waals surface area contributed by atoms with Crippen LogP contribution < -0.4 is 10.6 Å². The van der Waals surface area contributed by atoms with Crippen molar-refractivity contribution < 1.29 is 0 Å². The lowest BCUT2D eigenvalue weighted by Crippen LogP contribution is -2.07. The summed E-state index contributed by atoms with van der Waals surface area (Å²) in [5.41, 5.74) is 5.48. The summed E-state index contributed by atoms with van der Waals surface area (Å²) < 4.78 is 0. The Morgan fingerprint density at radius 2 is 1.72 bits per heavy atom. The zero-order valence-corrected chi connectivity index (χ0v) is 14.6. The molecule has 1 saturated carbocycles. The number of nitrogens with one attached hydrogen (secondary N) is 2. The number of aromatic nitrogens is 2. The number of rotatable bonds is 5. The fourth-order valence-electron chi connectivity index (χ4n) is 2.84. The normalized spacial score (nSPS) is 13.5. The Labute approximate surface area is 148 Å². The van der Waals surface area contributed by atoms with E-state index in [1.54, 1.807) is 0 Å². The highest BCUT2D eigenvalue weighted by Gasteiger charge is 2.22. The van der Waals surface area contributed by atoms with Crippen molar-refractivity contribution in [1.82, 2.24) is 9.97 Å². The van der Waals surface area contributed by atoms with Crippen molar-refractivity contribution in [3.63, 3.8) is 0 Å². The molecule has 1 heterocycles. The van der Waals surface area contributed by atoms with Crippen LogP contribution in [0.4, 0.5) is 17.5 Å². The van der Waals surface area contributed by atoms with Crippen molar-refractivity contribution in [2.75, 3.05) is 10.6 Å². The monoisotopic (exact) mass is 330 g/mol. The first kappa shape index (κ1) is 15.6. The molecule has 0 saturated heterocycles. The summed E-state index contributed by atoms with van der Waals surface area (Å²) >= 11 is 0. The topological polar surface area (TPSA) is 49.8 Å². The third-order valence-electron chi connectivity index (χ3n) is 4.35. The van der Waals surface area contributed by atoms with Crippen LogP contribution in [-0.2, 0) is 0 Å². The minimum atomic E-state index is 0.549. The number of hydrogen-bond acceptors (Lipinski definition) is 4. The first-order chi connectivity index (χ1) is 12.2. The molecule has 4 nitrogen and oxygen atoms in total. The Kier molecular flexibility index (Phi) is 4.10. The van der Waals surface area contributed by atoms with Gasteiger partial charge in [0.15, 0.2) is 0 Å². The van der Waals surface area contributed by atoms with Gasteiger partial charge in [-0.3, -0.25) is 0 Å². The number of nitrogens with zero attached hydrogens (tertiary/aromatic N) is 2. The molecule has 1 aliphatic carbocycles. The summed E-state index contributed by atoms with van der Waals surface area (Å²) in [4.78, 5) is 9.39. The lowest BCUT2D eigenvalue weighted by atomic mass is 10.1. The Morgan fingerprint density at radius 3 is 2.44 bits per heavy atom. The third-order valence-corrected chi connectivity index (χ3v) is 4.35. The van der Waals surface area contributed by atoms with E-state index >= 15 is 0 Å². The van der Waals surface area contributed by atoms with Gasteiger partial charge in [0, 0.05) is 23.4 Å². The van der Waals surface area contributed by atoms with E-state index in [9.17, 15) is 0 Å². The molecule has 0 atom stereocenters. The van der Waals surface area contributed by atoms with Crippen molar-refractivity contribution in [3.8, 4) is 11.3 Å². The Morgan fingerprint density at radius 1 is 0.920 bits per heavy atom. The average molecular weight is 330 g/mol. The summed E-state index contributed by atoms with van der Waals surface area (Å²) in [6, 6.07) is 19.1. The second-order valence-corrected chi connectivity index (χ2v) is 6.69. The second-order valence-electron chi connectivity index (χ2n) is 6.69. The maximum Gasteiger partial charge on any atom is 0.229 e. The van der Waals surface area contributed by atoms with Gasteiger partial charge >= 0.3 is 0 Å². The van der Waals surface area contributed by atoms with Crippen LogP contribution in [0.15, 0.2) is 54.6 Å². The average Bonchev–Trinajstić information content (AvgIpc) is 3.42. The molecular formula is C21H22N4. The molecule has 1 fully saturated rings.